The van der Waals surface area contributed by atoms with Crippen LogP contribution in [-0.4, -0.2) is 96.7 Å². The SMILES string of the molecule is CNCCCn1cnc2c1ccc[n+]2CC1CS[C@@H]2[C@H](NC(=O)/C(=N\OCF)c3nsc(N)n3)CN2C1C(=O)O. The number of amides is 1. The molecule has 0 aromatic carbocycles. The maximum atomic E-state index is 12.9. The molecule has 2 aliphatic heterocycles. The molecule has 4 atom stereocenters. The highest BCUT2D eigenvalue weighted by Crippen LogP contribution is 2.40. The summed E-state index contributed by atoms with van der Waals surface area (Å²) in [6.45, 7) is 1.33. The highest BCUT2D eigenvalue weighted by Gasteiger charge is 2.53. The molecule has 0 bridgehead atoms. The number of nitrogen functional groups attached to an aromatic ring is 1. The minimum atomic E-state index is -1.23. The number of halogens is 1. The summed E-state index contributed by atoms with van der Waals surface area (Å²) in [4.78, 5) is 40.2. The zero-order chi connectivity index (χ0) is 28.2. The Hall–Kier alpha value is -3.41. The number of oxime groups is 1. The smallest absolute Gasteiger partial charge is 0.348 e. The van der Waals surface area contributed by atoms with Gasteiger partial charge in [-0.3, -0.25) is 14.5 Å². The van der Waals surface area contributed by atoms with Gasteiger partial charge >= 0.3 is 11.6 Å². The molecule has 214 valence electrons. The summed E-state index contributed by atoms with van der Waals surface area (Å²) in [6.07, 6.45) is 4.73. The van der Waals surface area contributed by atoms with Crippen LogP contribution in [0.4, 0.5) is 9.52 Å². The van der Waals surface area contributed by atoms with E-state index in [1.165, 1.54) is 0 Å². The number of hydrogen-bond donors (Lipinski definition) is 4. The predicted octanol–water partition coefficient (Wildman–Crippen LogP) is -0.342. The molecule has 2 unspecified atom stereocenters. The number of carbonyl (C=O) groups is 2. The first kappa shape index (κ1) is 28.1. The summed E-state index contributed by atoms with van der Waals surface area (Å²) >= 11 is 2.46. The Labute approximate surface area is 236 Å². The lowest BCUT2D eigenvalue weighted by molar-refractivity contribution is -0.679. The first-order chi connectivity index (χ1) is 19.4. The standard InChI is InChI=1S/C23H29FN10O4S2/c1-26-5-3-7-33-12-27-19-15(33)4-2-6-32(19)8-13-10-39-21-14(9-34(21)17(13)22(36)37)28-20(35)16(30-38-11-24)18-29-23(25)40-31-18/h2,4,6,12-14,17,21,26H,3,5,7-11H2,1H3,(H3-,25,28,29,31,35,36,37)/p+1/b30-16-/t13?,14-,17?,21-/m1/s1. The van der Waals surface area contributed by atoms with Crippen molar-refractivity contribution >= 4 is 57.2 Å². The highest BCUT2D eigenvalue weighted by molar-refractivity contribution is 8.00. The van der Waals surface area contributed by atoms with Gasteiger partial charge in [0.2, 0.25) is 17.9 Å². The number of pyridine rings is 1. The number of imidazole rings is 1. The zero-order valence-electron chi connectivity index (χ0n) is 21.6. The van der Waals surface area contributed by atoms with Crippen LogP contribution >= 0.6 is 23.3 Å². The van der Waals surface area contributed by atoms with Crippen LogP contribution in [0, 0.1) is 5.92 Å². The van der Waals surface area contributed by atoms with Crippen LogP contribution in [0.25, 0.3) is 11.2 Å². The van der Waals surface area contributed by atoms with Gasteiger partial charge < -0.3 is 30.9 Å². The van der Waals surface area contributed by atoms with Crippen molar-refractivity contribution in [3.05, 3.63) is 30.5 Å². The zero-order valence-corrected chi connectivity index (χ0v) is 23.3. The van der Waals surface area contributed by atoms with Gasteiger partial charge in [0.25, 0.3) is 12.8 Å². The van der Waals surface area contributed by atoms with Crippen LogP contribution in [0.15, 0.2) is 29.8 Å². The van der Waals surface area contributed by atoms with Gasteiger partial charge in [-0.05, 0) is 37.1 Å². The van der Waals surface area contributed by atoms with Crippen molar-refractivity contribution in [3.8, 4) is 0 Å². The van der Waals surface area contributed by atoms with Crippen molar-refractivity contribution in [2.45, 2.75) is 37.0 Å². The Balaban J connectivity index is 1.26. The van der Waals surface area contributed by atoms with Crippen LogP contribution < -0.4 is 20.9 Å². The van der Waals surface area contributed by atoms with E-state index in [-0.39, 0.29) is 34.0 Å². The lowest BCUT2D eigenvalue weighted by atomic mass is 9.94. The maximum Gasteiger partial charge on any atom is 0.348 e. The van der Waals surface area contributed by atoms with E-state index in [0.717, 1.165) is 42.2 Å². The first-order valence-electron chi connectivity index (χ1n) is 12.7. The molecular weight excluding hydrogens is 563 g/mol. The third kappa shape index (κ3) is 5.72. The van der Waals surface area contributed by atoms with Gasteiger partial charge in [0.1, 0.15) is 11.6 Å². The number of anilines is 1. The fraction of sp³-hybridized carbons (Fsp3) is 0.522. The van der Waals surface area contributed by atoms with Crippen LogP contribution in [0.5, 0.6) is 0 Å². The largest absolute Gasteiger partial charge is 0.480 e. The Morgan fingerprint density at radius 1 is 1.43 bits per heavy atom. The molecule has 2 saturated heterocycles. The van der Waals surface area contributed by atoms with Crippen molar-refractivity contribution in [3.63, 3.8) is 0 Å². The highest BCUT2D eigenvalue weighted by atomic mass is 32.2. The molecule has 3 aromatic rings. The van der Waals surface area contributed by atoms with E-state index in [1.54, 1.807) is 11.8 Å². The van der Waals surface area contributed by atoms with E-state index in [4.69, 9.17) is 5.73 Å². The third-order valence-corrected chi connectivity index (χ3v) is 9.02. The Morgan fingerprint density at radius 3 is 3.00 bits per heavy atom. The average Bonchev–Trinajstić information content (AvgIpc) is 3.54. The molecule has 2 fully saturated rings. The number of nitrogens with zero attached hydrogens (tertiary/aromatic N) is 7. The number of aliphatic carboxylic acids is 1. The van der Waals surface area contributed by atoms with Gasteiger partial charge in [-0.2, -0.15) is 9.36 Å². The van der Waals surface area contributed by atoms with Gasteiger partial charge in [0.05, 0.1) is 24.2 Å². The predicted molar refractivity (Wildman–Crippen MR) is 146 cm³/mol. The fourth-order valence-corrected chi connectivity index (χ4v) is 7.08. The first-order valence-corrected chi connectivity index (χ1v) is 14.5. The molecule has 0 saturated carbocycles. The maximum absolute atomic E-state index is 12.9. The molecule has 14 nitrogen and oxygen atoms in total. The topological polar surface area (TPSA) is 177 Å². The number of aromatic nitrogens is 5. The van der Waals surface area contributed by atoms with E-state index in [2.05, 4.69) is 39.5 Å². The van der Waals surface area contributed by atoms with Gasteiger partial charge in [-0.1, -0.05) is 5.16 Å². The number of aryl methyl sites for hydroxylation is 1. The van der Waals surface area contributed by atoms with Crippen LogP contribution in [0.1, 0.15) is 12.2 Å². The Bertz CT molecular complexity index is 1400. The number of carbonyl (C=O) groups excluding carboxylic acids is 1. The lowest BCUT2D eigenvalue weighted by Gasteiger charge is -2.54. The van der Waals surface area contributed by atoms with Crippen molar-refractivity contribution in [2.24, 2.45) is 11.1 Å². The molecule has 17 heteroatoms. The van der Waals surface area contributed by atoms with E-state index in [0.29, 0.717) is 18.8 Å². The molecule has 5 N–H and O–H groups in total. The van der Waals surface area contributed by atoms with Crippen molar-refractivity contribution < 1.29 is 28.5 Å². The molecule has 40 heavy (non-hydrogen) atoms. The van der Waals surface area contributed by atoms with Gasteiger partial charge in [-0.25, -0.2) is 8.96 Å². The summed E-state index contributed by atoms with van der Waals surface area (Å²) in [5.41, 5.74) is 7.13. The van der Waals surface area contributed by atoms with Crippen molar-refractivity contribution in [2.75, 3.05) is 38.5 Å². The number of thioether (sulfide) groups is 1. The normalized spacial score (nSPS) is 23.0. The summed E-state index contributed by atoms with van der Waals surface area (Å²) in [6, 6.07) is 2.89. The lowest BCUT2D eigenvalue weighted by Crippen LogP contribution is -2.73. The van der Waals surface area contributed by atoms with E-state index in [1.807, 2.05) is 41.2 Å². The molecule has 0 radical (unpaired) electrons. The summed E-state index contributed by atoms with van der Waals surface area (Å²) < 4.78 is 20.6. The van der Waals surface area contributed by atoms with Gasteiger partial charge in [0, 0.05) is 36.3 Å². The fourth-order valence-electron chi connectivity index (χ4n) is 5.12. The van der Waals surface area contributed by atoms with E-state index >= 15 is 0 Å². The number of hydrogen-bond acceptors (Lipinski definition) is 12. The number of carboxylic acids is 1. The number of fused-ring (bicyclic) bond motifs is 2. The van der Waals surface area contributed by atoms with E-state index < -0.39 is 24.8 Å². The molecular formula is C23H30FN10O4S2+. The molecule has 5 rings (SSSR count). The minimum Gasteiger partial charge on any atom is -0.480 e. The Morgan fingerprint density at radius 2 is 2.27 bits per heavy atom. The van der Waals surface area contributed by atoms with Gasteiger partial charge in [-0.15, -0.1) is 11.8 Å². The quantitative estimate of drug-likeness (QED) is 0.0935. The molecule has 0 spiro atoms. The molecule has 1 amide bonds. The molecule has 3 aromatic heterocycles. The van der Waals surface area contributed by atoms with Crippen molar-refractivity contribution in [1.29, 1.82) is 0 Å². The monoisotopic (exact) mass is 593 g/mol. The van der Waals surface area contributed by atoms with Crippen LogP contribution in [0.3, 0.4) is 0 Å². The minimum absolute atomic E-state index is 0.0694. The van der Waals surface area contributed by atoms with Gasteiger partial charge in [0.15, 0.2) is 5.13 Å². The van der Waals surface area contributed by atoms with Crippen LogP contribution in [-0.2, 0) is 27.5 Å². The summed E-state index contributed by atoms with van der Waals surface area (Å²) in [5.74, 6) is -1.24. The average molecular weight is 594 g/mol. The second-order valence-electron chi connectivity index (χ2n) is 9.44. The summed E-state index contributed by atoms with van der Waals surface area (Å²) in [7, 11) is 1.92. The number of nitrogens with two attached hydrogens (primary N) is 1. The van der Waals surface area contributed by atoms with Crippen LogP contribution in [0.2, 0.25) is 0 Å². The number of nitrogens with one attached hydrogen (secondary N) is 2. The third-order valence-electron chi connectivity index (χ3n) is 6.91. The molecule has 2 aliphatic rings. The Kier molecular flexibility index (Phi) is 8.72. The molecule has 0 aliphatic carbocycles. The summed E-state index contributed by atoms with van der Waals surface area (Å²) in [5, 5.41) is 19.6. The molecule has 5 heterocycles. The van der Waals surface area contributed by atoms with Crippen molar-refractivity contribution in [1.82, 2.24) is 34.4 Å². The number of carboxylic acid groups (broad SMARTS) is 1. The number of rotatable bonds is 12. The van der Waals surface area contributed by atoms with E-state index in [9.17, 15) is 19.1 Å². The second kappa shape index (κ2) is 12.4. The number of alkyl halides is 1. The second-order valence-corrected chi connectivity index (χ2v) is 11.4.